The highest BCUT2D eigenvalue weighted by atomic mass is 35.5. The molecule has 0 atom stereocenters. The SMILES string of the molecule is O=c1c2ccccc2nc(-c2cccc(C(F)(F)F)c2)n1N=Cc1cc(Cl)cc([N+](=O)[O-])c1OCc1ccccc1F. The van der Waals surface area contributed by atoms with Gasteiger partial charge in [-0.2, -0.15) is 22.9 Å². The maximum atomic E-state index is 14.2. The van der Waals surface area contributed by atoms with E-state index in [0.29, 0.717) is 0 Å². The predicted molar refractivity (Wildman–Crippen MR) is 148 cm³/mol. The van der Waals surface area contributed by atoms with Gasteiger partial charge in [0, 0.05) is 27.8 Å². The molecule has 0 aliphatic carbocycles. The lowest BCUT2D eigenvalue weighted by Gasteiger charge is -2.13. The van der Waals surface area contributed by atoms with Crippen LogP contribution in [0.3, 0.4) is 0 Å². The Hall–Kier alpha value is -5.10. The lowest BCUT2D eigenvalue weighted by atomic mass is 10.1. The summed E-state index contributed by atoms with van der Waals surface area (Å²) in [7, 11) is 0. The number of halogens is 5. The van der Waals surface area contributed by atoms with E-state index in [1.54, 1.807) is 18.2 Å². The first-order chi connectivity index (χ1) is 20.0. The zero-order chi connectivity index (χ0) is 30.0. The van der Waals surface area contributed by atoms with Crippen molar-refractivity contribution in [3.63, 3.8) is 0 Å². The van der Waals surface area contributed by atoms with Gasteiger partial charge >= 0.3 is 11.9 Å². The summed E-state index contributed by atoms with van der Waals surface area (Å²) in [6.07, 6.45) is -3.63. The Morgan fingerprint density at radius 2 is 1.76 bits per heavy atom. The Morgan fingerprint density at radius 1 is 1.02 bits per heavy atom. The summed E-state index contributed by atoms with van der Waals surface area (Å²) in [5.74, 6) is -1.13. The normalized spacial score (nSPS) is 11.7. The molecule has 0 bridgehead atoms. The number of nitro groups is 1. The molecular formula is C29H17ClF4N4O4. The molecule has 0 saturated heterocycles. The molecule has 0 N–H and O–H groups in total. The summed E-state index contributed by atoms with van der Waals surface area (Å²) in [5.41, 5.74) is -2.01. The number of hydrogen-bond acceptors (Lipinski definition) is 6. The lowest BCUT2D eigenvalue weighted by molar-refractivity contribution is -0.385. The minimum atomic E-state index is -4.66. The number of fused-ring (bicyclic) bond motifs is 1. The van der Waals surface area contributed by atoms with Crippen LogP contribution in [0, 0.1) is 15.9 Å². The Labute approximate surface area is 239 Å². The molecule has 5 aromatic rings. The van der Waals surface area contributed by atoms with Gasteiger partial charge in [0.15, 0.2) is 5.82 Å². The van der Waals surface area contributed by atoms with Crippen molar-refractivity contribution in [2.75, 3.05) is 0 Å². The molecule has 212 valence electrons. The largest absolute Gasteiger partial charge is 0.481 e. The fraction of sp³-hybridized carbons (Fsp3) is 0.0690. The average Bonchev–Trinajstić information content (AvgIpc) is 2.96. The van der Waals surface area contributed by atoms with Gasteiger partial charge in [-0.15, -0.1) is 0 Å². The van der Waals surface area contributed by atoms with Gasteiger partial charge in [0.1, 0.15) is 12.4 Å². The van der Waals surface area contributed by atoms with Gasteiger partial charge in [-0.1, -0.05) is 54.1 Å². The third-order valence-electron chi connectivity index (χ3n) is 6.10. The maximum Gasteiger partial charge on any atom is 0.416 e. The molecule has 8 nitrogen and oxygen atoms in total. The first-order valence-electron chi connectivity index (χ1n) is 12.1. The van der Waals surface area contributed by atoms with Crippen molar-refractivity contribution in [3.05, 3.63) is 133 Å². The predicted octanol–water partition coefficient (Wildman–Crippen LogP) is 7.24. The summed E-state index contributed by atoms with van der Waals surface area (Å²) in [5, 5.41) is 16.0. The third kappa shape index (κ3) is 5.84. The molecule has 0 fully saturated rings. The molecule has 1 heterocycles. The number of aromatic nitrogens is 2. The minimum Gasteiger partial charge on any atom is -0.481 e. The zero-order valence-corrected chi connectivity index (χ0v) is 21.9. The van der Waals surface area contributed by atoms with Crippen molar-refractivity contribution in [3.8, 4) is 17.1 Å². The number of ether oxygens (including phenoxy) is 1. The molecule has 5 rings (SSSR count). The lowest BCUT2D eigenvalue weighted by Crippen LogP contribution is -2.20. The monoisotopic (exact) mass is 596 g/mol. The van der Waals surface area contributed by atoms with E-state index in [9.17, 15) is 32.5 Å². The van der Waals surface area contributed by atoms with Crippen LogP contribution in [0.25, 0.3) is 22.3 Å². The van der Waals surface area contributed by atoms with Gasteiger partial charge in [-0.05, 0) is 36.4 Å². The van der Waals surface area contributed by atoms with Crippen LogP contribution in [-0.2, 0) is 12.8 Å². The van der Waals surface area contributed by atoms with Crippen LogP contribution >= 0.6 is 11.6 Å². The molecule has 1 aromatic heterocycles. The topological polar surface area (TPSA) is 99.6 Å². The number of alkyl halides is 3. The number of benzene rings is 4. The third-order valence-corrected chi connectivity index (χ3v) is 6.32. The van der Waals surface area contributed by atoms with Gasteiger partial charge in [-0.3, -0.25) is 14.9 Å². The second-order valence-corrected chi connectivity index (χ2v) is 9.31. The molecule has 0 unspecified atom stereocenters. The fourth-order valence-corrected chi connectivity index (χ4v) is 4.35. The minimum absolute atomic E-state index is 0.0550. The maximum absolute atomic E-state index is 14.2. The van der Waals surface area contributed by atoms with E-state index in [1.165, 1.54) is 48.5 Å². The number of rotatable bonds is 7. The van der Waals surface area contributed by atoms with E-state index < -0.39 is 33.7 Å². The molecule has 42 heavy (non-hydrogen) atoms. The van der Waals surface area contributed by atoms with E-state index in [0.717, 1.165) is 29.1 Å². The van der Waals surface area contributed by atoms with Crippen LogP contribution in [0.5, 0.6) is 5.75 Å². The number of hydrogen-bond donors (Lipinski definition) is 0. The average molecular weight is 597 g/mol. The molecule has 4 aromatic carbocycles. The molecule has 0 radical (unpaired) electrons. The summed E-state index contributed by atoms with van der Waals surface area (Å²) in [6.45, 7) is -0.386. The standard InChI is InChI=1S/C29H17ClF4N4O4/c30-21-13-19(26(25(14-21)38(40)41)42-16-18-6-1-3-10-23(18)31)15-35-37-27(17-7-5-8-20(12-17)29(32,33)34)36-24-11-4-2-9-22(24)28(37)39/h1-15H,16H2. The Kier molecular flexibility index (Phi) is 7.72. The summed E-state index contributed by atoms with van der Waals surface area (Å²) >= 11 is 6.12. The molecule has 0 saturated carbocycles. The van der Waals surface area contributed by atoms with Crippen LogP contribution in [0.1, 0.15) is 16.7 Å². The molecular weight excluding hydrogens is 580 g/mol. The van der Waals surface area contributed by atoms with Crippen LogP contribution in [0.4, 0.5) is 23.2 Å². The second kappa shape index (κ2) is 11.4. The highest BCUT2D eigenvalue weighted by Gasteiger charge is 2.31. The summed E-state index contributed by atoms with van der Waals surface area (Å²) in [6, 6.07) is 18.4. The molecule has 0 aliphatic heterocycles. The van der Waals surface area contributed by atoms with Crippen LogP contribution in [0.2, 0.25) is 5.02 Å². The van der Waals surface area contributed by atoms with Gasteiger partial charge in [-0.25, -0.2) is 9.37 Å². The molecule has 0 spiro atoms. The van der Waals surface area contributed by atoms with Gasteiger partial charge in [0.05, 0.1) is 27.6 Å². The van der Waals surface area contributed by atoms with Gasteiger partial charge < -0.3 is 4.74 Å². The highest BCUT2D eigenvalue weighted by Crippen LogP contribution is 2.35. The zero-order valence-electron chi connectivity index (χ0n) is 21.2. The summed E-state index contributed by atoms with van der Waals surface area (Å²) < 4.78 is 61.0. The van der Waals surface area contributed by atoms with Crippen LogP contribution < -0.4 is 10.3 Å². The van der Waals surface area contributed by atoms with Crippen molar-refractivity contribution in [2.24, 2.45) is 5.10 Å². The molecule has 0 aliphatic rings. The molecule has 0 amide bonds. The van der Waals surface area contributed by atoms with Crippen molar-refractivity contribution in [2.45, 2.75) is 12.8 Å². The number of nitro benzene ring substituents is 1. The van der Waals surface area contributed by atoms with E-state index in [2.05, 4.69) is 10.1 Å². The number of nitrogens with zero attached hydrogens (tertiary/aromatic N) is 4. The van der Waals surface area contributed by atoms with E-state index in [4.69, 9.17) is 16.3 Å². The number of para-hydroxylation sites is 1. The Morgan fingerprint density at radius 3 is 2.50 bits per heavy atom. The Bertz CT molecular complexity index is 1930. The Balaban J connectivity index is 1.67. The van der Waals surface area contributed by atoms with Crippen molar-refractivity contribution in [1.82, 2.24) is 9.66 Å². The van der Waals surface area contributed by atoms with E-state index in [1.807, 2.05) is 0 Å². The van der Waals surface area contributed by atoms with E-state index in [-0.39, 0.29) is 50.8 Å². The van der Waals surface area contributed by atoms with Crippen molar-refractivity contribution >= 4 is 34.4 Å². The van der Waals surface area contributed by atoms with Crippen molar-refractivity contribution in [1.29, 1.82) is 0 Å². The summed E-state index contributed by atoms with van der Waals surface area (Å²) in [4.78, 5) is 28.9. The molecule has 13 heteroatoms. The van der Waals surface area contributed by atoms with Gasteiger partial charge in [0.2, 0.25) is 5.75 Å². The quantitative estimate of drug-likeness (QED) is 0.0853. The second-order valence-electron chi connectivity index (χ2n) is 8.87. The van der Waals surface area contributed by atoms with Crippen LogP contribution in [-0.4, -0.2) is 20.8 Å². The first-order valence-corrected chi connectivity index (χ1v) is 12.5. The fourth-order valence-electron chi connectivity index (χ4n) is 4.13. The van der Waals surface area contributed by atoms with Crippen LogP contribution in [0.15, 0.2) is 94.8 Å². The van der Waals surface area contributed by atoms with Crippen molar-refractivity contribution < 1.29 is 27.2 Å². The van der Waals surface area contributed by atoms with Gasteiger partial charge in [0.25, 0.3) is 5.56 Å². The first kappa shape index (κ1) is 28.4. The smallest absolute Gasteiger partial charge is 0.416 e. The van der Waals surface area contributed by atoms with E-state index >= 15 is 0 Å². The highest BCUT2D eigenvalue weighted by molar-refractivity contribution is 6.31.